The third kappa shape index (κ3) is 2.32. The van der Waals surface area contributed by atoms with Crippen LogP contribution in [-0.4, -0.2) is 22.7 Å². The lowest BCUT2D eigenvalue weighted by molar-refractivity contribution is 0.0885. The van der Waals surface area contributed by atoms with E-state index in [2.05, 4.69) is 5.10 Å². The van der Waals surface area contributed by atoms with E-state index in [1.165, 1.54) is 13.3 Å². The van der Waals surface area contributed by atoms with Gasteiger partial charge >= 0.3 is 0 Å². The van der Waals surface area contributed by atoms with Gasteiger partial charge in [0.25, 0.3) is 0 Å². The fourth-order valence-corrected chi connectivity index (χ4v) is 2.15. The Labute approximate surface area is 118 Å². The van der Waals surface area contributed by atoms with E-state index in [1.54, 1.807) is 11.6 Å². The zero-order chi connectivity index (χ0) is 14.8. The van der Waals surface area contributed by atoms with Crippen LogP contribution >= 0.6 is 0 Å². The van der Waals surface area contributed by atoms with Gasteiger partial charge < -0.3 is 10.5 Å². The average Bonchev–Trinajstić information content (AvgIpc) is 2.90. The van der Waals surface area contributed by atoms with Gasteiger partial charge in [0, 0.05) is 6.54 Å². The quantitative estimate of drug-likeness (QED) is 0.845. The number of rotatable bonds is 5. The molecule has 5 heteroatoms. The third-order valence-corrected chi connectivity index (χ3v) is 3.39. The summed E-state index contributed by atoms with van der Waals surface area (Å²) < 4.78 is 6.83. The number of ketones is 1. The zero-order valence-electron chi connectivity index (χ0n) is 12.0. The number of hydrogen-bond acceptors (Lipinski definition) is 4. The van der Waals surface area contributed by atoms with Crippen LogP contribution in [0.5, 0.6) is 5.75 Å². The molecular weight excluding hydrogens is 254 g/mol. The minimum atomic E-state index is -1.12. The molecule has 1 heterocycles. The second-order valence-corrected chi connectivity index (χ2v) is 4.77. The van der Waals surface area contributed by atoms with Crippen molar-refractivity contribution in [3.8, 4) is 5.75 Å². The highest BCUT2D eigenvalue weighted by molar-refractivity contribution is 6.04. The van der Waals surface area contributed by atoms with Gasteiger partial charge in [-0.05, 0) is 19.4 Å². The summed E-state index contributed by atoms with van der Waals surface area (Å²) in [4.78, 5) is 12.8. The summed E-state index contributed by atoms with van der Waals surface area (Å²) in [6.07, 6.45) is 1.54. The van der Waals surface area contributed by atoms with Gasteiger partial charge in [0.05, 0.1) is 13.3 Å². The van der Waals surface area contributed by atoms with E-state index < -0.39 is 5.54 Å². The van der Waals surface area contributed by atoms with Crippen molar-refractivity contribution in [2.75, 3.05) is 7.11 Å². The normalized spacial score (nSPS) is 13.8. The Kier molecular flexibility index (Phi) is 3.90. The second kappa shape index (κ2) is 5.46. The molecule has 0 bridgehead atoms. The van der Waals surface area contributed by atoms with Crippen molar-refractivity contribution >= 4 is 5.78 Å². The van der Waals surface area contributed by atoms with E-state index in [0.29, 0.717) is 18.0 Å². The van der Waals surface area contributed by atoms with Gasteiger partial charge in [-0.2, -0.15) is 5.10 Å². The Hall–Kier alpha value is -2.14. The van der Waals surface area contributed by atoms with Gasteiger partial charge in [0.1, 0.15) is 11.2 Å². The lowest BCUT2D eigenvalue weighted by atomic mass is 9.87. The Balaban J connectivity index is 2.48. The number of Topliss-reactive ketones (excluding diaryl/α,β-unsaturated/α-hetero) is 1. The van der Waals surface area contributed by atoms with Gasteiger partial charge in [-0.25, -0.2) is 0 Å². The summed E-state index contributed by atoms with van der Waals surface area (Å²) in [7, 11) is 1.52. The number of methoxy groups -OCH3 is 1. The second-order valence-electron chi connectivity index (χ2n) is 4.77. The Morgan fingerprint density at radius 1 is 1.40 bits per heavy atom. The largest absolute Gasteiger partial charge is 0.493 e. The highest BCUT2D eigenvalue weighted by Gasteiger charge is 2.35. The topological polar surface area (TPSA) is 70.1 Å². The van der Waals surface area contributed by atoms with Gasteiger partial charge in [0.2, 0.25) is 5.78 Å². The van der Waals surface area contributed by atoms with Crippen molar-refractivity contribution in [2.45, 2.75) is 25.9 Å². The van der Waals surface area contributed by atoms with Crippen LogP contribution < -0.4 is 10.5 Å². The smallest absolute Gasteiger partial charge is 0.208 e. The van der Waals surface area contributed by atoms with Crippen molar-refractivity contribution < 1.29 is 9.53 Å². The molecule has 1 aromatic carbocycles. The minimum Gasteiger partial charge on any atom is -0.493 e. The van der Waals surface area contributed by atoms with E-state index in [-0.39, 0.29) is 5.78 Å². The number of nitrogens with two attached hydrogens (primary N) is 1. The van der Waals surface area contributed by atoms with E-state index in [0.717, 1.165) is 5.56 Å². The fraction of sp³-hybridized carbons (Fsp3) is 0.333. The maximum absolute atomic E-state index is 12.8. The summed E-state index contributed by atoms with van der Waals surface area (Å²) in [5.41, 5.74) is 6.32. The van der Waals surface area contributed by atoms with Crippen LogP contribution in [-0.2, 0) is 12.1 Å². The van der Waals surface area contributed by atoms with Crippen molar-refractivity contribution in [1.82, 2.24) is 9.78 Å². The number of carbonyl (C=O) groups excluding carboxylic acids is 1. The monoisotopic (exact) mass is 273 g/mol. The Morgan fingerprint density at radius 2 is 2.05 bits per heavy atom. The van der Waals surface area contributed by atoms with E-state index >= 15 is 0 Å². The van der Waals surface area contributed by atoms with E-state index in [9.17, 15) is 4.79 Å². The lowest BCUT2D eigenvalue weighted by Crippen LogP contribution is -2.43. The molecule has 5 nitrogen and oxygen atoms in total. The fourth-order valence-electron chi connectivity index (χ4n) is 2.15. The molecule has 0 amide bonds. The molecule has 1 atom stereocenters. The first-order valence-corrected chi connectivity index (χ1v) is 6.51. The zero-order valence-corrected chi connectivity index (χ0v) is 12.0. The van der Waals surface area contributed by atoms with Gasteiger partial charge in [-0.3, -0.25) is 9.48 Å². The molecule has 0 aliphatic carbocycles. The molecule has 2 N–H and O–H groups in total. The first-order valence-electron chi connectivity index (χ1n) is 6.51. The molecule has 106 valence electrons. The number of hydrogen-bond donors (Lipinski definition) is 1. The molecule has 0 spiro atoms. The molecule has 2 rings (SSSR count). The maximum atomic E-state index is 12.8. The van der Waals surface area contributed by atoms with Gasteiger partial charge in [0.15, 0.2) is 5.75 Å². The van der Waals surface area contributed by atoms with Crippen LogP contribution in [0, 0.1) is 0 Å². The number of aryl methyl sites for hydroxylation is 1. The highest BCUT2D eigenvalue weighted by Crippen LogP contribution is 2.27. The molecule has 0 saturated heterocycles. The average molecular weight is 273 g/mol. The maximum Gasteiger partial charge on any atom is 0.208 e. The molecule has 1 unspecified atom stereocenters. The van der Waals surface area contributed by atoms with E-state index in [4.69, 9.17) is 10.5 Å². The highest BCUT2D eigenvalue weighted by atomic mass is 16.5. The molecule has 1 aromatic heterocycles. The Bertz CT molecular complexity index is 581. The number of ether oxygens (including phenoxy) is 1. The molecule has 0 radical (unpaired) electrons. The van der Waals surface area contributed by atoms with E-state index in [1.807, 2.05) is 37.3 Å². The number of carbonyl (C=O) groups is 1. The standard InChI is InChI=1S/C15H19N3O2/c1-4-18-13(12(20-3)10-17-18)14(19)15(2,16)11-8-6-5-7-9-11/h5-10H,4,16H2,1-3H3. The first kappa shape index (κ1) is 14.3. The van der Waals surface area contributed by atoms with Gasteiger partial charge in [-0.15, -0.1) is 0 Å². The molecule has 20 heavy (non-hydrogen) atoms. The predicted octanol–water partition coefficient (Wildman–Crippen LogP) is 1.97. The van der Waals surface area contributed by atoms with Crippen molar-refractivity contribution in [1.29, 1.82) is 0 Å². The van der Waals surface area contributed by atoms with Crippen molar-refractivity contribution in [2.24, 2.45) is 5.73 Å². The molecule has 0 aliphatic heterocycles. The van der Waals surface area contributed by atoms with Crippen LogP contribution in [0.4, 0.5) is 0 Å². The molecule has 0 saturated carbocycles. The molecule has 0 aliphatic rings. The molecule has 2 aromatic rings. The van der Waals surface area contributed by atoms with Crippen LogP contribution in [0.3, 0.4) is 0 Å². The molecule has 0 fully saturated rings. The third-order valence-electron chi connectivity index (χ3n) is 3.39. The number of nitrogens with zero attached hydrogens (tertiary/aromatic N) is 2. The summed E-state index contributed by atoms with van der Waals surface area (Å²) in [5.74, 6) is 0.240. The number of aromatic nitrogens is 2. The van der Waals surface area contributed by atoms with Crippen LogP contribution in [0.15, 0.2) is 36.5 Å². The first-order chi connectivity index (χ1) is 9.52. The summed E-state index contributed by atoms with van der Waals surface area (Å²) >= 11 is 0. The van der Waals surface area contributed by atoms with Crippen LogP contribution in [0.1, 0.15) is 29.9 Å². The van der Waals surface area contributed by atoms with Crippen LogP contribution in [0.25, 0.3) is 0 Å². The van der Waals surface area contributed by atoms with Gasteiger partial charge in [-0.1, -0.05) is 30.3 Å². The molecular formula is C15H19N3O2. The summed E-state index contributed by atoms with van der Waals surface area (Å²) in [6.45, 7) is 4.20. The summed E-state index contributed by atoms with van der Waals surface area (Å²) in [6, 6.07) is 9.30. The van der Waals surface area contributed by atoms with Crippen LogP contribution in [0.2, 0.25) is 0 Å². The predicted molar refractivity (Wildman–Crippen MR) is 76.8 cm³/mol. The SMILES string of the molecule is CCn1ncc(OC)c1C(=O)C(C)(N)c1ccccc1. The lowest BCUT2D eigenvalue weighted by Gasteiger charge is -2.24. The van der Waals surface area contributed by atoms with Crippen molar-refractivity contribution in [3.63, 3.8) is 0 Å². The van der Waals surface area contributed by atoms with Crippen molar-refractivity contribution in [3.05, 3.63) is 47.8 Å². The number of benzene rings is 1. The minimum absolute atomic E-state index is 0.208. The summed E-state index contributed by atoms with van der Waals surface area (Å²) in [5, 5.41) is 4.15. The Morgan fingerprint density at radius 3 is 2.60 bits per heavy atom.